The van der Waals surface area contributed by atoms with Gasteiger partial charge in [0, 0.05) is 13.6 Å². The Hall–Kier alpha value is -1.63. The smallest absolute Gasteiger partial charge is 0.332 e. The third kappa shape index (κ3) is 3.92. The number of nitrogens with zero attached hydrogens (tertiary/aromatic N) is 1. The summed E-state index contributed by atoms with van der Waals surface area (Å²) in [7, 11) is 2.84. The Morgan fingerprint density at radius 1 is 1.37 bits per heavy atom. The molecule has 0 radical (unpaired) electrons. The van der Waals surface area contributed by atoms with Crippen molar-refractivity contribution in [3.8, 4) is 0 Å². The van der Waals surface area contributed by atoms with Gasteiger partial charge >= 0.3 is 11.9 Å². The average Bonchev–Trinajstić information content (AvgIpc) is 2.86. The Labute approximate surface area is 111 Å². The van der Waals surface area contributed by atoms with Crippen molar-refractivity contribution < 1.29 is 29.0 Å². The second-order valence-electron chi connectivity index (χ2n) is 4.67. The lowest BCUT2D eigenvalue weighted by molar-refractivity contribution is -0.154. The molecule has 0 aromatic heterocycles. The molecule has 1 unspecified atom stereocenters. The van der Waals surface area contributed by atoms with E-state index in [1.807, 2.05) is 0 Å². The van der Waals surface area contributed by atoms with Crippen molar-refractivity contribution in [2.24, 2.45) is 5.92 Å². The van der Waals surface area contributed by atoms with Crippen LogP contribution in [0, 0.1) is 5.92 Å². The molecule has 7 heteroatoms. The highest BCUT2D eigenvalue weighted by Crippen LogP contribution is 2.21. The molecular weight excluding hydrogens is 254 g/mol. The lowest BCUT2D eigenvalue weighted by Gasteiger charge is -2.23. The van der Waals surface area contributed by atoms with Gasteiger partial charge in [0.2, 0.25) is 0 Å². The van der Waals surface area contributed by atoms with Crippen molar-refractivity contribution in [1.29, 1.82) is 0 Å². The third-order valence-corrected chi connectivity index (χ3v) is 3.10. The molecular formula is C12H19NO6. The molecule has 108 valence electrons. The first-order chi connectivity index (χ1) is 8.86. The fraction of sp³-hybridized carbons (Fsp3) is 0.750. The van der Waals surface area contributed by atoms with Crippen LogP contribution in [0.4, 0.5) is 0 Å². The van der Waals surface area contributed by atoms with Gasteiger partial charge in [-0.2, -0.15) is 0 Å². The number of hydrogen-bond donors (Lipinski definition) is 1. The fourth-order valence-electron chi connectivity index (χ4n) is 2.02. The average molecular weight is 273 g/mol. The quantitative estimate of drug-likeness (QED) is 0.702. The van der Waals surface area contributed by atoms with Gasteiger partial charge in [-0.15, -0.1) is 0 Å². The molecule has 1 aliphatic rings. The summed E-state index contributed by atoms with van der Waals surface area (Å²) < 4.78 is 9.75. The van der Waals surface area contributed by atoms with Crippen molar-refractivity contribution in [2.45, 2.75) is 32.0 Å². The first-order valence-electron chi connectivity index (χ1n) is 6.07. The third-order valence-electron chi connectivity index (χ3n) is 3.10. The Bertz CT molecular complexity index is 369. The van der Waals surface area contributed by atoms with E-state index in [9.17, 15) is 14.4 Å². The second kappa shape index (κ2) is 6.51. The van der Waals surface area contributed by atoms with E-state index in [1.165, 1.54) is 12.0 Å². The second-order valence-corrected chi connectivity index (χ2v) is 4.67. The molecule has 7 nitrogen and oxygen atoms in total. The van der Waals surface area contributed by atoms with Crippen LogP contribution in [0.15, 0.2) is 0 Å². The van der Waals surface area contributed by atoms with Crippen molar-refractivity contribution in [3.63, 3.8) is 0 Å². The molecule has 0 aliphatic carbocycles. The van der Waals surface area contributed by atoms with Gasteiger partial charge in [0.05, 0.1) is 13.0 Å². The van der Waals surface area contributed by atoms with Crippen molar-refractivity contribution in [3.05, 3.63) is 0 Å². The zero-order valence-electron chi connectivity index (χ0n) is 11.3. The van der Waals surface area contributed by atoms with Gasteiger partial charge in [0.15, 0.2) is 6.10 Å². The predicted molar refractivity (Wildman–Crippen MR) is 64.3 cm³/mol. The number of ether oxygens (including phenoxy) is 2. The Balaban J connectivity index is 2.49. The van der Waals surface area contributed by atoms with Crippen LogP contribution >= 0.6 is 0 Å². The van der Waals surface area contributed by atoms with E-state index in [2.05, 4.69) is 4.74 Å². The molecule has 0 spiro atoms. The summed E-state index contributed by atoms with van der Waals surface area (Å²) in [6, 6.07) is 0. The van der Waals surface area contributed by atoms with E-state index < -0.39 is 30.1 Å². The number of aliphatic carboxylic acids is 1. The minimum atomic E-state index is -1.05. The number of methoxy groups -OCH3 is 1. The minimum Gasteiger partial charge on any atom is -0.479 e. The number of carbonyl (C=O) groups excluding carboxylic acids is 2. The van der Waals surface area contributed by atoms with Crippen LogP contribution in [-0.2, 0) is 23.9 Å². The van der Waals surface area contributed by atoms with Crippen LogP contribution in [0.1, 0.15) is 19.8 Å². The normalized spacial score (nSPS) is 23.7. The molecule has 1 rings (SSSR count). The zero-order valence-corrected chi connectivity index (χ0v) is 11.3. The summed E-state index contributed by atoms with van der Waals surface area (Å²) in [6.45, 7) is 1.87. The summed E-state index contributed by atoms with van der Waals surface area (Å²) in [4.78, 5) is 35.4. The molecule has 1 N–H and O–H groups in total. The Kier molecular flexibility index (Phi) is 5.29. The standard InChI is InChI=1S/C12H19NO6/c1-7(12(17)18-3)6-13(2)10(14)8-4-5-9(19-8)11(15)16/h7-9H,4-6H2,1-3H3,(H,15,16)/t7?,8-,9+/m0/s1. The maximum atomic E-state index is 12.0. The lowest BCUT2D eigenvalue weighted by Crippen LogP contribution is -2.40. The van der Waals surface area contributed by atoms with E-state index in [4.69, 9.17) is 9.84 Å². The molecule has 19 heavy (non-hydrogen) atoms. The number of carboxylic acids is 1. The molecule has 1 amide bonds. The number of hydrogen-bond acceptors (Lipinski definition) is 5. The predicted octanol–water partition coefficient (Wildman–Crippen LogP) is -0.114. The van der Waals surface area contributed by atoms with Gasteiger partial charge in [-0.05, 0) is 12.8 Å². The van der Waals surface area contributed by atoms with Crippen LogP contribution in [0.2, 0.25) is 0 Å². The molecule has 0 saturated carbocycles. The summed E-state index contributed by atoms with van der Waals surface area (Å²) in [5.41, 5.74) is 0. The van der Waals surface area contributed by atoms with Crippen LogP contribution < -0.4 is 0 Å². The topological polar surface area (TPSA) is 93.1 Å². The molecule has 0 aromatic rings. The Morgan fingerprint density at radius 3 is 2.42 bits per heavy atom. The largest absolute Gasteiger partial charge is 0.479 e. The Morgan fingerprint density at radius 2 is 1.95 bits per heavy atom. The summed E-state index contributed by atoms with van der Waals surface area (Å²) in [6.07, 6.45) is -0.949. The molecule has 1 heterocycles. The van der Waals surface area contributed by atoms with Crippen molar-refractivity contribution in [2.75, 3.05) is 20.7 Å². The van der Waals surface area contributed by atoms with Gasteiger partial charge in [-0.1, -0.05) is 6.92 Å². The summed E-state index contributed by atoms with van der Waals surface area (Å²) in [5, 5.41) is 8.79. The number of rotatable bonds is 5. The van der Waals surface area contributed by atoms with Gasteiger partial charge < -0.3 is 19.5 Å². The highest BCUT2D eigenvalue weighted by molar-refractivity contribution is 5.83. The number of likely N-dealkylation sites (N-methyl/N-ethyl adjacent to an activating group) is 1. The van der Waals surface area contributed by atoms with Crippen LogP contribution in [-0.4, -0.2) is 60.8 Å². The molecule has 1 aliphatic heterocycles. The maximum Gasteiger partial charge on any atom is 0.332 e. The lowest BCUT2D eigenvalue weighted by atomic mass is 10.1. The number of carboxylic acid groups (broad SMARTS) is 1. The molecule has 3 atom stereocenters. The monoisotopic (exact) mass is 273 g/mol. The first kappa shape index (κ1) is 15.4. The summed E-state index contributed by atoms with van der Waals surface area (Å²) in [5.74, 6) is -2.19. The van der Waals surface area contributed by atoms with Gasteiger partial charge in [-0.3, -0.25) is 9.59 Å². The number of carbonyl (C=O) groups is 3. The zero-order chi connectivity index (χ0) is 14.6. The molecule has 0 aromatic carbocycles. The van der Waals surface area contributed by atoms with Crippen molar-refractivity contribution >= 4 is 17.8 Å². The maximum absolute atomic E-state index is 12.0. The fourth-order valence-corrected chi connectivity index (χ4v) is 2.02. The van der Waals surface area contributed by atoms with E-state index in [-0.39, 0.29) is 12.5 Å². The molecule has 1 fully saturated rings. The number of amides is 1. The van der Waals surface area contributed by atoms with E-state index in [0.717, 1.165) is 0 Å². The van der Waals surface area contributed by atoms with E-state index in [0.29, 0.717) is 12.8 Å². The van der Waals surface area contributed by atoms with Crippen LogP contribution in [0.3, 0.4) is 0 Å². The van der Waals surface area contributed by atoms with E-state index >= 15 is 0 Å². The molecule has 0 bridgehead atoms. The highest BCUT2D eigenvalue weighted by Gasteiger charge is 2.36. The van der Waals surface area contributed by atoms with Gasteiger partial charge in [0.25, 0.3) is 5.91 Å². The van der Waals surface area contributed by atoms with Gasteiger partial charge in [0.1, 0.15) is 6.10 Å². The highest BCUT2D eigenvalue weighted by atomic mass is 16.5. The van der Waals surface area contributed by atoms with Crippen molar-refractivity contribution in [1.82, 2.24) is 4.90 Å². The summed E-state index contributed by atoms with van der Waals surface area (Å²) >= 11 is 0. The first-order valence-corrected chi connectivity index (χ1v) is 6.07. The van der Waals surface area contributed by atoms with E-state index in [1.54, 1.807) is 14.0 Å². The van der Waals surface area contributed by atoms with Crippen LogP contribution in [0.25, 0.3) is 0 Å². The minimum absolute atomic E-state index is 0.211. The molecule has 1 saturated heterocycles. The number of esters is 1. The van der Waals surface area contributed by atoms with Crippen LogP contribution in [0.5, 0.6) is 0 Å². The van der Waals surface area contributed by atoms with Gasteiger partial charge in [-0.25, -0.2) is 4.79 Å². The SMILES string of the molecule is COC(=O)C(C)CN(C)C(=O)[C@@H]1CC[C@H](C(=O)O)O1.